The highest BCUT2D eigenvalue weighted by Crippen LogP contribution is 2.20. The summed E-state index contributed by atoms with van der Waals surface area (Å²) in [4.78, 5) is 24.8. The van der Waals surface area contributed by atoms with Gasteiger partial charge in [-0.1, -0.05) is 61.9 Å². The van der Waals surface area contributed by atoms with Gasteiger partial charge in [-0.25, -0.2) is 4.79 Å². The van der Waals surface area contributed by atoms with Gasteiger partial charge in [0, 0.05) is 5.69 Å². The smallest absolute Gasteiger partial charge is 0.408 e. The number of hydrogen-bond acceptors (Lipinski definition) is 3. The van der Waals surface area contributed by atoms with Gasteiger partial charge in [0.1, 0.15) is 6.04 Å². The summed E-state index contributed by atoms with van der Waals surface area (Å²) in [5.74, 6) is -0.321. The minimum Gasteiger partial charge on any atom is -0.447 e. The first-order chi connectivity index (χ1) is 12.9. The predicted octanol–water partition coefficient (Wildman–Crippen LogP) is 5.14. The van der Waals surface area contributed by atoms with Crippen LogP contribution in [0.15, 0.2) is 48.5 Å². The average molecular weight is 370 g/mol. The van der Waals surface area contributed by atoms with E-state index in [1.165, 1.54) is 0 Å². The summed E-state index contributed by atoms with van der Waals surface area (Å²) in [6, 6.07) is 14.0. The molecule has 0 aliphatic rings. The molecule has 5 heteroatoms. The number of anilines is 1. The Morgan fingerprint density at radius 3 is 2.15 bits per heavy atom. The summed E-state index contributed by atoms with van der Waals surface area (Å²) in [6.07, 6.45) is -0.890. The predicted molar refractivity (Wildman–Crippen MR) is 110 cm³/mol. The van der Waals surface area contributed by atoms with E-state index in [1.807, 2.05) is 64.1 Å². The van der Waals surface area contributed by atoms with Crippen molar-refractivity contribution in [2.24, 2.45) is 0 Å². The molecule has 2 N–H and O–H groups in total. The molecule has 0 bridgehead atoms. The molecule has 2 amide bonds. The average Bonchev–Trinajstić information content (AvgIpc) is 2.64. The van der Waals surface area contributed by atoms with E-state index in [1.54, 1.807) is 26.0 Å². The molecule has 1 unspecified atom stereocenters. The molecule has 2 aromatic rings. The Bertz CT molecular complexity index is 742. The van der Waals surface area contributed by atoms with Crippen LogP contribution in [0.5, 0.6) is 0 Å². The second kappa shape index (κ2) is 11.0. The lowest BCUT2D eigenvalue weighted by Gasteiger charge is -2.20. The maximum atomic E-state index is 12.8. The highest BCUT2D eigenvalue weighted by Gasteiger charge is 2.24. The number of aryl methyl sites for hydroxylation is 2. The first-order valence-electron chi connectivity index (χ1n) is 9.27. The first kappa shape index (κ1) is 22.2. The summed E-state index contributed by atoms with van der Waals surface area (Å²) in [6.45, 7) is 11.4. The van der Waals surface area contributed by atoms with E-state index in [0.717, 1.165) is 16.8 Å². The Morgan fingerprint density at radius 2 is 1.59 bits per heavy atom. The molecule has 0 saturated carbocycles. The fourth-order valence-corrected chi connectivity index (χ4v) is 2.47. The lowest BCUT2D eigenvalue weighted by atomic mass is 10.1. The summed E-state index contributed by atoms with van der Waals surface area (Å²) < 4.78 is 5.11. The van der Waals surface area contributed by atoms with Crippen molar-refractivity contribution in [3.63, 3.8) is 0 Å². The molecule has 5 nitrogen and oxygen atoms in total. The Hall–Kier alpha value is -2.82. The van der Waals surface area contributed by atoms with Crippen LogP contribution < -0.4 is 10.6 Å². The maximum Gasteiger partial charge on any atom is 0.408 e. The van der Waals surface area contributed by atoms with Gasteiger partial charge in [0.15, 0.2) is 0 Å². The molecule has 0 aliphatic carbocycles. The van der Waals surface area contributed by atoms with Crippen LogP contribution in [-0.2, 0) is 9.53 Å². The quantitative estimate of drug-likeness (QED) is 0.765. The molecule has 0 aliphatic heterocycles. The highest BCUT2D eigenvalue weighted by molar-refractivity contribution is 5.97. The number of carbonyl (C=O) groups excluding carboxylic acids is 2. The minimum absolute atomic E-state index is 0.265. The number of nitrogens with one attached hydrogen (secondary N) is 2. The van der Waals surface area contributed by atoms with Crippen molar-refractivity contribution < 1.29 is 14.3 Å². The Kier molecular flexibility index (Phi) is 9.06. The van der Waals surface area contributed by atoms with Crippen LogP contribution in [0.3, 0.4) is 0 Å². The molecule has 27 heavy (non-hydrogen) atoms. The number of carbonyl (C=O) groups is 2. The third-order valence-electron chi connectivity index (χ3n) is 3.64. The number of alkyl carbamates (subject to hydrolysis) is 1. The SMILES string of the molecule is CC.Cc1ccc(NC(=O)C(NC(=O)OC(C)C)c2ccccc2)c(C)c1. The monoisotopic (exact) mass is 370 g/mol. The van der Waals surface area contributed by atoms with Crippen molar-refractivity contribution >= 4 is 17.7 Å². The molecular formula is C22H30N2O3. The lowest BCUT2D eigenvalue weighted by molar-refractivity contribution is -0.118. The molecule has 0 heterocycles. The Morgan fingerprint density at radius 1 is 0.963 bits per heavy atom. The van der Waals surface area contributed by atoms with Gasteiger partial charge in [-0.3, -0.25) is 4.79 Å². The van der Waals surface area contributed by atoms with E-state index in [-0.39, 0.29) is 12.0 Å². The van der Waals surface area contributed by atoms with Crippen LogP contribution in [0.1, 0.15) is 50.4 Å². The normalized spacial score (nSPS) is 11.1. The van der Waals surface area contributed by atoms with Gasteiger partial charge in [-0.15, -0.1) is 0 Å². The van der Waals surface area contributed by atoms with E-state index in [4.69, 9.17) is 4.74 Å². The zero-order valence-electron chi connectivity index (χ0n) is 17.0. The summed E-state index contributed by atoms with van der Waals surface area (Å²) in [5.41, 5.74) is 3.49. The van der Waals surface area contributed by atoms with Gasteiger partial charge >= 0.3 is 6.09 Å². The van der Waals surface area contributed by atoms with E-state index >= 15 is 0 Å². The minimum atomic E-state index is -0.840. The van der Waals surface area contributed by atoms with Gasteiger partial charge in [-0.2, -0.15) is 0 Å². The third kappa shape index (κ3) is 7.13. The van der Waals surface area contributed by atoms with Crippen LogP contribution in [-0.4, -0.2) is 18.1 Å². The molecule has 0 fully saturated rings. The number of amides is 2. The topological polar surface area (TPSA) is 67.4 Å². The van der Waals surface area contributed by atoms with Gasteiger partial charge in [0.05, 0.1) is 6.10 Å². The van der Waals surface area contributed by atoms with Crippen LogP contribution in [0.25, 0.3) is 0 Å². The van der Waals surface area contributed by atoms with Crippen LogP contribution in [0.2, 0.25) is 0 Å². The number of rotatable bonds is 5. The van der Waals surface area contributed by atoms with E-state index in [9.17, 15) is 9.59 Å². The van der Waals surface area contributed by atoms with Gasteiger partial charge in [0.2, 0.25) is 0 Å². The largest absolute Gasteiger partial charge is 0.447 e. The molecule has 0 saturated heterocycles. The Balaban J connectivity index is 0.00000176. The number of benzene rings is 2. The molecule has 146 valence electrons. The summed E-state index contributed by atoms with van der Waals surface area (Å²) in [5, 5.41) is 5.53. The highest BCUT2D eigenvalue weighted by atomic mass is 16.6. The van der Waals surface area contributed by atoms with E-state index < -0.39 is 12.1 Å². The zero-order chi connectivity index (χ0) is 20.4. The molecule has 0 aromatic heterocycles. The fourth-order valence-electron chi connectivity index (χ4n) is 2.47. The first-order valence-corrected chi connectivity index (χ1v) is 9.27. The molecular weight excluding hydrogens is 340 g/mol. The van der Waals surface area contributed by atoms with E-state index in [0.29, 0.717) is 5.56 Å². The standard InChI is InChI=1S/C20H24N2O3.C2H6/c1-13(2)25-20(24)22-18(16-8-6-5-7-9-16)19(23)21-17-11-10-14(3)12-15(17)4;1-2/h5-13,18H,1-4H3,(H,21,23)(H,22,24);1-2H3. The molecule has 0 radical (unpaired) electrons. The molecule has 1 atom stereocenters. The molecule has 2 aromatic carbocycles. The van der Waals surface area contributed by atoms with Crippen molar-refractivity contribution in [1.29, 1.82) is 0 Å². The summed E-state index contributed by atoms with van der Waals surface area (Å²) >= 11 is 0. The summed E-state index contributed by atoms with van der Waals surface area (Å²) in [7, 11) is 0. The zero-order valence-corrected chi connectivity index (χ0v) is 17.0. The van der Waals surface area contributed by atoms with Gasteiger partial charge in [-0.05, 0) is 44.9 Å². The molecule has 2 rings (SSSR count). The fraction of sp³-hybridized carbons (Fsp3) is 0.364. The number of ether oxygens (including phenoxy) is 1. The van der Waals surface area contributed by atoms with Gasteiger partial charge < -0.3 is 15.4 Å². The van der Waals surface area contributed by atoms with E-state index in [2.05, 4.69) is 10.6 Å². The van der Waals surface area contributed by atoms with Crippen molar-refractivity contribution in [2.75, 3.05) is 5.32 Å². The van der Waals surface area contributed by atoms with Crippen molar-refractivity contribution in [3.05, 3.63) is 65.2 Å². The van der Waals surface area contributed by atoms with Crippen LogP contribution in [0.4, 0.5) is 10.5 Å². The second-order valence-corrected chi connectivity index (χ2v) is 6.25. The Labute approximate surface area is 162 Å². The van der Waals surface area contributed by atoms with Gasteiger partial charge in [0.25, 0.3) is 5.91 Å². The third-order valence-corrected chi connectivity index (χ3v) is 3.64. The van der Waals surface area contributed by atoms with Crippen molar-refractivity contribution in [2.45, 2.75) is 53.7 Å². The van der Waals surface area contributed by atoms with Crippen molar-refractivity contribution in [1.82, 2.24) is 5.32 Å². The second-order valence-electron chi connectivity index (χ2n) is 6.25. The van der Waals surface area contributed by atoms with Crippen LogP contribution >= 0.6 is 0 Å². The van der Waals surface area contributed by atoms with Crippen molar-refractivity contribution in [3.8, 4) is 0 Å². The number of hydrogen-bond donors (Lipinski definition) is 2. The maximum absolute atomic E-state index is 12.8. The lowest BCUT2D eigenvalue weighted by Crippen LogP contribution is -2.38. The molecule has 0 spiro atoms. The van der Waals surface area contributed by atoms with Crippen LogP contribution in [0, 0.1) is 13.8 Å².